The second kappa shape index (κ2) is 6.26. The number of hydrogen-bond donors (Lipinski definition) is 1. The highest BCUT2D eigenvalue weighted by atomic mass is 32.1. The standard InChI is InChI=1S/C12H17N3O2S/c1-4-5-6-15(2)11-9(12(16)17-3)10(14)8(7-13)18-11/h4-6,14H2,1-3H3. The number of hydrogen-bond acceptors (Lipinski definition) is 6. The Morgan fingerprint density at radius 1 is 1.61 bits per heavy atom. The highest BCUT2D eigenvalue weighted by Crippen LogP contribution is 2.37. The summed E-state index contributed by atoms with van der Waals surface area (Å²) in [5.74, 6) is -0.497. The first-order chi connectivity index (χ1) is 8.56. The molecule has 0 atom stereocenters. The largest absolute Gasteiger partial charge is 0.465 e. The van der Waals surface area contributed by atoms with Gasteiger partial charge in [0.1, 0.15) is 21.5 Å². The van der Waals surface area contributed by atoms with Gasteiger partial charge in [0, 0.05) is 13.6 Å². The maximum atomic E-state index is 11.7. The summed E-state index contributed by atoms with van der Waals surface area (Å²) in [7, 11) is 3.19. The average molecular weight is 267 g/mol. The third-order valence-corrected chi connectivity index (χ3v) is 3.84. The van der Waals surface area contributed by atoms with Gasteiger partial charge in [0.25, 0.3) is 0 Å². The Balaban J connectivity index is 3.17. The van der Waals surface area contributed by atoms with Crippen molar-refractivity contribution in [1.29, 1.82) is 5.26 Å². The number of thiophene rings is 1. The van der Waals surface area contributed by atoms with Crippen LogP contribution in [0.2, 0.25) is 0 Å². The summed E-state index contributed by atoms with van der Waals surface area (Å²) in [6, 6.07) is 2.01. The van der Waals surface area contributed by atoms with Gasteiger partial charge < -0.3 is 15.4 Å². The van der Waals surface area contributed by atoms with E-state index in [1.54, 1.807) is 0 Å². The molecule has 0 unspecified atom stereocenters. The zero-order valence-corrected chi connectivity index (χ0v) is 11.6. The van der Waals surface area contributed by atoms with E-state index < -0.39 is 5.97 Å². The topological polar surface area (TPSA) is 79.4 Å². The van der Waals surface area contributed by atoms with Gasteiger partial charge in [0.15, 0.2) is 0 Å². The van der Waals surface area contributed by atoms with Gasteiger partial charge >= 0.3 is 5.97 Å². The molecule has 98 valence electrons. The number of nitrogens with zero attached hydrogens (tertiary/aromatic N) is 2. The summed E-state index contributed by atoms with van der Waals surface area (Å²) >= 11 is 1.23. The summed E-state index contributed by atoms with van der Waals surface area (Å²) < 4.78 is 4.72. The van der Waals surface area contributed by atoms with E-state index in [1.165, 1.54) is 18.4 Å². The molecule has 6 heteroatoms. The minimum absolute atomic E-state index is 0.215. The number of rotatable bonds is 5. The molecule has 0 aromatic carbocycles. The number of anilines is 2. The van der Waals surface area contributed by atoms with Crippen molar-refractivity contribution in [3.63, 3.8) is 0 Å². The second-order valence-electron chi connectivity index (χ2n) is 3.90. The molecule has 0 bridgehead atoms. The Morgan fingerprint density at radius 3 is 2.78 bits per heavy atom. The molecule has 1 heterocycles. The lowest BCUT2D eigenvalue weighted by atomic mass is 10.2. The molecular weight excluding hydrogens is 250 g/mol. The normalized spacial score (nSPS) is 9.89. The summed E-state index contributed by atoms with van der Waals surface area (Å²) in [5, 5.41) is 9.68. The van der Waals surface area contributed by atoms with Crippen molar-refractivity contribution in [2.24, 2.45) is 0 Å². The van der Waals surface area contributed by atoms with Crippen LogP contribution < -0.4 is 10.6 Å². The molecule has 0 aliphatic rings. The summed E-state index contributed by atoms with van der Waals surface area (Å²) in [6.45, 7) is 2.91. The lowest BCUT2D eigenvalue weighted by molar-refractivity contribution is 0.0603. The van der Waals surface area contributed by atoms with E-state index in [0.717, 1.165) is 19.4 Å². The molecule has 5 nitrogen and oxygen atoms in total. The summed E-state index contributed by atoms with van der Waals surface area (Å²) in [5.41, 5.74) is 6.34. The number of nitrogen functional groups attached to an aromatic ring is 1. The summed E-state index contributed by atoms with van der Waals surface area (Å²) in [6.07, 6.45) is 2.07. The first-order valence-electron chi connectivity index (χ1n) is 5.68. The number of esters is 1. The molecule has 1 rings (SSSR count). The Kier molecular flexibility index (Phi) is 4.98. The van der Waals surface area contributed by atoms with Crippen molar-refractivity contribution >= 4 is 28.0 Å². The molecule has 1 aromatic rings. The smallest absolute Gasteiger partial charge is 0.343 e. The highest BCUT2D eigenvalue weighted by molar-refractivity contribution is 7.17. The van der Waals surface area contributed by atoms with E-state index in [0.29, 0.717) is 15.4 Å². The quantitative estimate of drug-likeness (QED) is 0.827. The first kappa shape index (κ1) is 14.3. The molecule has 0 aliphatic carbocycles. The van der Waals surface area contributed by atoms with Gasteiger partial charge in [0.2, 0.25) is 0 Å². The van der Waals surface area contributed by atoms with Crippen molar-refractivity contribution < 1.29 is 9.53 Å². The predicted molar refractivity (Wildman–Crippen MR) is 73.0 cm³/mol. The molecule has 0 fully saturated rings. The molecule has 1 aromatic heterocycles. The van der Waals surface area contributed by atoms with Crippen molar-refractivity contribution in [3.8, 4) is 6.07 Å². The highest BCUT2D eigenvalue weighted by Gasteiger charge is 2.24. The fourth-order valence-corrected chi connectivity index (χ4v) is 2.57. The number of methoxy groups -OCH3 is 1. The Morgan fingerprint density at radius 2 is 2.28 bits per heavy atom. The minimum Gasteiger partial charge on any atom is -0.465 e. The van der Waals surface area contributed by atoms with E-state index in [-0.39, 0.29) is 5.69 Å². The van der Waals surface area contributed by atoms with Crippen LogP contribution in [0.5, 0.6) is 0 Å². The van der Waals surface area contributed by atoms with Crippen LogP contribution >= 0.6 is 11.3 Å². The lowest BCUT2D eigenvalue weighted by Gasteiger charge is -2.18. The van der Waals surface area contributed by atoms with Crippen molar-refractivity contribution in [1.82, 2.24) is 0 Å². The van der Waals surface area contributed by atoms with E-state index in [1.807, 2.05) is 18.0 Å². The van der Waals surface area contributed by atoms with Crippen LogP contribution in [0.4, 0.5) is 10.7 Å². The van der Waals surface area contributed by atoms with Crippen molar-refractivity contribution in [2.75, 3.05) is 31.3 Å². The molecule has 0 saturated heterocycles. The molecule has 18 heavy (non-hydrogen) atoms. The lowest BCUT2D eigenvalue weighted by Crippen LogP contribution is -2.20. The molecule has 0 spiro atoms. The zero-order chi connectivity index (χ0) is 13.7. The summed E-state index contributed by atoms with van der Waals surface area (Å²) in [4.78, 5) is 14.0. The number of unbranched alkanes of at least 4 members (excludes halogenated alkanes) is 1. The van der Waals surface area contributed by atoms with E-state index in [4.69, 9.17) is 15.7 Å². The maximum Gasteiger partial charge on any atom is 0.343 e. The average Bonchev–Trinajstić information content (AvgIpc) is 2.72. The zero-order valence-electron chi connectivity index (χ0n) is 10.8. The fourth-order valence-electron chi connectivity index (χ4n) is 1.58. The van der Waals surface area contributed by atoms with Crippen LogP contribution in [0.25, 0.3) is 0 Å². The van der Waals surface area contributed by atoms with Crippen LogP contribution in [-0.4, -0.2) is 26.7 Å². The number of ether oxygens (including phenoxy) is 1. The van der Waals surface area contributed by atoms with Crippen molar-refractivity contribution in [2.45, 2.75) is 19.8 Å². The fraction of sp³-hybridized carbons (Fsp3) is 0.500. The van der Waals surface area contributed by atoms with Gasteiger partial charge in [-0.15, -0.1) is 11.3 Å². The first-order valence-corrected chi connectivity index (χ1v) is 6.50. The Labute approximate surface area is 111 Å². The molecule has 0 saturated carbocycles. The van der Waals surface area contributed by atoms with E-state index >= 15 is 0 Å². The number of nitrogens with two attached hydrogens (primary N) is 1. The molecule has 0 radical (unpaired) electrons. The number of nitriles is 1. The van der Waals surface area contributed by atoms with Crippen LogP contribution in [0.3, 0.4) is 0 Å². The van der Waals surface area contributed by atoms with Crippen LogP contribution in [0.1, 0.15) is 35.0 Å². The predicted octanol–water partition coefficient (Wildman–Crippen LogP) is 2.22. The van der Waals surface area contributed by atoms with E-state index in [2.05, 4.69) is 6.92 Å². The van der Waals surface area contributed by atoms with Gasteiger partial charge in [-0.25, -0.2) is 4.79 Å². The van der Waals surface area contributed by atoms with Gasteiger partial charge in [0.05, 0.1) is 12.8 Å². The molecular formula is C12H17N3O2S. The molecule has 0 amide bonds. The monoisotopic (exact) mass is 267 g/mol. The third-order valence-electron chi connectivity index (χ3n) is 2.61. The van der Waals surface area contributed by atoms with Gasteiger partial charge in [-0.2, -0.15) is 5.26 Å². The molecule has 2 N–H and O–H groups in total. The minimum atomic E-state index is -0.497. The van der Waals surface area contributed by atoms with E-state index in [9.17, 15) is 4.79 Å². The van der Waals surface area contributed by atoms with Gasteiger partial charge in [-0.3, -0.25) is 0 Å². The maximum absolute atomic E-state index is 11.7. The Hall–Kier alpha value is -1.74. The number of carbonyl (C=O) groups excluding carboxylic acids is 1. The van der Waals surface area contributed by atoms with Gasteiger partial charge in [-0.05, 0) is 6.42 Å². The third kappa shape index (κ3) is 2.74. The van der Waals surface area contributed by atoms with Crippen molar-refractivity contribution in [3.05, 3.63) is 10.4 Å². The second-order valence-corrected chi connectivity index (χ2v) is 4.90. The van der Waals surface area contributed by atoms with Gasteiger partial charge in [-0.1, -0.05) is 13.3 Å². The van der Waals surface area contributed by atoms with Crippen LogP contribution in [0.15, 0.2) is 0 Å². The Bertz CT molecular complexity index is 476. The van der Waals surface area contributed by atoms with Crippen LogP contribution in [0, 0.1) is 11.3 Å². The number of carbonyl (C=O) groups is 1. The molecule has 0 aliphatic heterocycles. The SMILES string of the molecule is CCCCN(C)c1sc(C#N)c(N)c1C(=O)OC. The van der Waals surface area contributed by atoms with Crippen LogP contribution in [-0.2, 0) is 4.74 Å².